The fourth-order valence-corrected chi connectivity index (χ4v) is 4.20. The molecule has 1 fully saturated rings. The standard InChI is InChI=1S/C18H18BrN3O2S/c19-13-3-1-12(2-4-13)11-22-17(24)16-15(7-10-25-16)20-18(22)21-8-5-14(23)6-9-21/h1-4,7,10,14,23H,5-6,8-9,11H2. The van der Waals surface area contributed by atoms with Gasteiger partial charge in [0.25, 0.3) is 5.56 Å². The number of thiophene rings is 1. The number of piperidine rings is 1. The fourth-order valence-electron chi connectivity index (χ4n) is 3.15. The highest BCUT2D eigenvalue weighted by Crippen LogP contribution is 2.23. The van der Waals surface area contributed by atoms with Crippen molar-refractivity contribution >= 4 is 43.4 Å². The van der Waals surface area contributed by atoms with Crippen molar-refractivity contribution < 1.29 is 5.11 Å². The number of aliphatic hydroxyl groups excluding tert-OH is 1. The van der Waals surface area contributed by atoms with Crippen LogP contribution in [0.3, 0.4) is 0 Å². The molecule has 0 aliphatic carbocycles. The minimum absolute atomic E-state index is 0.00374. The maximum absolute atomic E-state index is 13.0. The molecule has 0 spiro atoms. The number of rotatable bonds is 3. The van der Waals surface area contributed by atoms with Gasteiger partial charge in [-0.05, 0) is 42.0 Å². The SMILES string of the molecule is O=c1c2sccc2nc(N2CCC(O)CC2)n1Cc1ccc(Br)cc1. The van der Waals surface area contributed by atoms with E-state index in [1.165, 1.54) is 11.3 Å². The molecule has 7 heteroatoms. The first-order valence-corrected chi connectivity index (χ1v) is 9.94. The number of benzene rings is 1. The summed E-state index contributed by atoms with van der Waals surface area (Å²) in [5, 5.41) is 11.7. The van der Waals surface area contributed by atoms with E-state index in [1.807, 2.05) is 35.7 Å². The van der Waals surface area contributed by atoms with Gasteiger partial charge in [0, 0.05) is 17.6 Å². The highest BCUT2D eigenvalue weighted by atomic mass is 79.9. The molecule has 0 saturated carbocycles. The number of nitrogens with zero attached hydrogens (tertiary/aromatic N) is 3. The molecule has 3 aromatic rings. The van der Waals surface area contributed by atoms with E-state index in [1.54, 1.807) is 4.57 Å². The zero-order chi connectivity index (χ0) is 17.4. The zero-order valence-electron chi connectivity index (χ0n) is 13.6. The van der Waals surface area contributed by atoms with Gasteiger partial charge in [-0.25, -0.2) is 4.98 Å². The van der Waals surface area contributed by atoms with Gasteiger partial charge in [0.1, 0.15) is 4.70 Å². The van der Waals surface area contributed by atoms with Gasteiger partial charge in [-0.1, -0.05) is 28.1 Å². The van der Waals surface area contributed by atoms with Crippen LogP contribution in [-0.2, 0) is 6.54 Å². The van der Waals surface area contributed by atoms with E-state index in [0.717, 1.165) is 15.6 Å². The third-order valence-corrected chi connectivity index (χ3v) is 5.97. The van der Waals surface area contributed by atoms with Crippen molar-refractivity contribution in [3.05, 3.63) is 56.1 Å². The van der Waals surface area contributed by atoms with E-state index in [2.05, 4.69) is 20.8 Å². The first-order valence-electron chi connectivity index (χ1n) is 8.27. The molecule has 0 amide bonds. The first kappa shape index (κ1) is 16.8. The Morgan fingerprint density at radius 1 is 1.20 bits per heavy atom. The fraction of sp³-hybridized carbons (Fsp3) is 0.333. The monoisotopic (exact) mass is 419 g/mol. The van der Waals surface area contributed by atoms with Gasteiger partial charge in [-0.2, -0.15) is 0 Å². The second-order valence-electron chi connectivity index (χ2n) is 6.28. The van der Waals surface area contributed by atoms with E-state index >= 15 is 0 Å². The molecule has 0 radical (unpaired) electrons. The van der Waals surface area contributed by atoms with Crippen LogP contribution in [-0.4, -0.2) is 33.9 Å². The molecule has 25 heavy (non-hydrogen) atoms. The average Bonchev–Trinajstić information content (AvgIpc) is 3.09. The molecule has 130 valence electrons. The second kappa shape index (κ2) is 6.90. The summed E-state index contributed by atoms with van der Waals surface area (Å²) in [4.78, 5) is 19.9. The smallest absolute Gasteiger partial charge is 0.273 e. The highest BCUT2D eigenvalue weighted by molar-refractivity contribution is 9.10. The van der Waals surface area contributed by atoms with Crippen molar-refractivity contribution in [3.63, 3.8) is 0 Å². The minimum Gasteiger partial charge on any atom is -0.393 e. The molecule has 1 saturated heterocycles. The Morgan fingerprint density at radius 2 is 1.92 bits per heavy atom. The van der Waals surface area contributed by atoms with Gasteiger partial charge in [0.05, 0.1) is 18.2 Å². The van der Waals surface area contributed by atoms with Crippen molar-refractivity contribution in [2.75, 3.05) is 18.0 Å². The van der Waals surface area contributed by atoms with Gasteiger partial charge in [0.15, 0.2) is 0 Å². The van der Waals surface area contributed by atoms with Crippen LogP contribution >= 0.6 is 27.3 Å². The van der Waals surface area contributed by atoms with Gasteiger partial charge in [0.2, 0.25) is 5.95 Å². The summed E-state index contributed by atoms with van der Waals surface area (Å²) >= 11 is 4.88. The Morgan fingerprint density at radius 3 is 2.64 bits per heavy atom. The summed E-state index contributed by atoms with van der Waals surface area (Å²) in [6, 6.07) is 9.88. The molecule has 3 heterocycles. The zero-order valence-corrected chi connectivity index (χ0v) is 16.0. The first-order chi connectivity index (χ1) is 12.1. The van der Waals surface area contributed by atoms with Crippen molar-refractivity contribution in [1.29, 1.82) is 0 Å². The quantitative estimate of drug-likeness (QED) is 0.707. The number of hydrogen-bond donors (Lipinski definition) is 1. The third kappa shape index (κ3) is 3.36. The topological polar surface area (TPSA) is 58.4 Å². The molecule has 0 bridgehead atoms. The lowest BCUT2D eigenvalue weighted by atomic mass is 10.1. The lowest BCUT2D eigenvalue weighted by Crippen LogP contribution is -2.40. The van der Waals surface area contributed by atoms with E-state index in [4.69, 9.17) is 4.98 Å². The number of hydrogen-bond acceptors (Lipinski definition) is 5. The third-order valence-electron chi connectivity index (χ3n) is 4.55. The number of aromatic nitrogens is 2. The Kier molecular flexibility index (Phi) is 4.62. The largest absolute Gasteiger partial charge is 0.393 e. The summed E-state index contributed by atoms with van der Waals surface area (Å²) in [5.74, 6) is 0.700. The van der Waals surface area contributed by atoms with Crippen LogP contribution in [0.4, 0.5) is 5.95 Å². The lowest BCUT2D eigenvalue weighted by molar-refractivity contribution is 0.145. The van der Waals surface area contributed by atoms with Crippen molar-refractivity contribution in [1.82, 2.24) is 9.55 Å². The van der Waals surface area contributed by atoms with Gasteiger partial charge < -0.3 is 10.0 Å². The molecule has 5 nitrogen and oxygen atoms in total. The molecular weight excluding hydrogens is 402 g/mol. The molecular formula is C18H18BrN3O2S. The van der Waals surface area contributed by atoms with Crippen molar-refractivity contribution in [2.24, 2.45) is 0 Å². The lowest BCUT2D eigenvalue weighted by Gasteiger charge is -2.32. The Bertz CT molecular complexity index is 943. The maximum atomic E-state index is 13.0. The van der Waals surface area contributed by atoms with Gasteiger partial charge in [-0.15, -0.1) is 11.3 Å². The molecule has 4 rings (SSSR count). The summed E-state index contributed by atoms with van der Waals surface area (Å²) in [6.45, 7) is 1.91. The molecule has 1 N–H and O–H groups in total. The summed E-state index contributed by atoms with van der Waals surface area (Å²) in [6.07, 6.45) is 1.15. The molecule has 1 aliphatic heterocycles. The van der Waals surface area contributed by atoms with Gasteiger partial charge >= 0.3 is 0 Å². The van der Waals surface area contributed by atoms with Crippen molar-refractivity contribution in [2.45, 2.75) is 25.5 Å². The van der Waals surface area contributed by atoms with E-state index in [0.29, 0.717) is 43.1 Å². The second-order valence-corrected chi connectivity index (χ2v) is 8.11. The van der Waals surface area contributed by atoms with Crippen LogP contribution in [0.15, 0.2) is 45.0 Å². The van der Waals surface area contributed by atoms with Crippen LogP contribution in [0.2, 0.25) is 0 Å². The number of anilines is 1. The summed E-state index contributed by atoms with van der Waals surface area (Å²) in [7, 11) is 0. The summed E-state index contributed by atoms with van der Waals surface area (Å²) in [5.41, 5.74) is 1.81. The van der Waals surface area contributed by atoms with E-state index in [-0.39, 0.29) is 11.7 Å². The molecule has 0 atom stereocenters. The predicted octanol–water partition coefficient (Wildman–Crippen LogP) is 3.23. The minimum atomic E-state index is -0.257. The number of aliphatic hydroxyl groups is 1. The van der Waals surface area contributed by atoms with Crippen LogP contribution in [0.5, 0.6) is 0 Å². The Hall–Kier alpha value is -1.70. The van der Waals surface area contributed by atoms with Crippen LogP contribution in [0.25, 0.3) is 10.2 Å². The molecule has 1 aliphatic rings. The average molecular weight is 420 g/mol. The Labute approximate surface area is 157 Å². The Balaban J connectivity index is 1.79. The van der Waals surface area contributed by atoms with Crippen LogP contribution < -0.4 is 10.5 Å². The normalized spacial score (nSPS) is 15.8. The van der Waals surface area contributed by atoms with Gasteiger partial charge in [-0.3, -0.25) is 9.36 Å². The molecule has 0 unspecified atom stereocenters. The highest BCUT2D eigenvalue weighted by Gasteiger charge is 2.22. The molecule has 1 aromatic carbocycles. The van der Waals surface area contributed by atoms with E-state index < -0.39 is 0 Å². The van der Waals surface area contributed by atoms with E-state index in [9.17, 15) is 9.90 Å². The molecule has 2 aromatic heterocycles. The predicted molar refractivity (Wildman–Crippen MR) is 105 cm³/mol. The number of fused-ring (bicyclic) bond motifs is 1. The summed E-state index contributed by atoms with van der Waals surface area (Å²) < 4.78 is 3.47. The van der Waals surface area contributed by atoms with Crippen molar-refractivity contribution in [3.8, 4) is 0 Å². The number of halogens is 1. The van der Waals surface area contributed by atoms with Crippen LogP contribution in [0, 0.1) is 0 Å². The van der Waals surface area contributed by atoms with Crippen LogP contribution in [0.1, 0.15) is 18.4 Å². The maximum Gasteiger partial charge on any atom is 0.273 e.